The van der Waals surface area contributed by atoms with Crippen LogP contribution in [0.5, 0.6) is 0 Å². The van der Waals surface area contributed by atoms with Crippen molar-refractivity contribution in [3.05, 3.63) is 58.7 Å². The molecule has 0 bridgehead atoms. The third kappa shape index (κ3) is 4.19. The van der Waals surface area contributed by atoms with Gasteiger partial charge in [-0.15, -0.1) is 0 Å². The molecule has 0 aliphatic carbocycles. The van der Waals surface area contributed by atoms with Crippen LogP contribution in [-0.4, -0.2) is 18.6 Å². The molecule has 0 aliphatic heterocycles. The van der Waals surface area contributed by atoms with Gasteiger partial charge in [-0.1, -0.05) is 36.7 Å². The van der Waals surface area contributed by atoms with Crippen LogP contribution in [0.1, 0.15) is 31.0 Å². The molecular formula is C17H22ClN3. The van der Waals surface area contributed by atoms with E-state index in [9.17, 15) is 0 Å². The van der Waals surface area contributed by atoms with E-state index >= 15 is 0 Å². The lowest BCUT2D eigenvalue weighted by atomic mass is 10.1. The lowest BCUT2D eigenvalue weighted by molar-refractivity contribution is 0.597. The first-order chi connectivity index (χ1) is 10.1. The fourth-order valence-corrected chi connectivity index (χ4v) is 2.49. The fourth-order valence-electron chi connectivity index (χ4n) is 2.30. The Labute approximate surface area is 132 Å². The number of aromatic nitrogens is 1. The Morgan fingerprint density at radius 3 is 2.76 bits per heavy atom. The van der Waals surface area contributed by atoms with Crippen LogP contribution >= 0.6 is 11.6 Å². The van der Waals surface area contributed by atoms with Gasteiger partial charge in [0.15, 0.2) is 0 Å². The topological polar surface area (TPSA) is 28.2 Å². The molecule has 1 atom stereocenters. The highest BCUT2D eigenvalue weighted by atomic mass is 35.5. The Morgan fingerprint density at radius 2 is 2.05 bits per heavy atom. The molecule has 0 spiro atoms. The molecule has 21 heavy (non-hydrogen) atoms. The minimum Gasteiger partial charge on any atom is -0.355 e. The van der Waals surface area contributed by atoms with Crippen molar-refractivity contribution in [1.82, 2.24) is 10.3 Å². The van der Waals surface area contributed by atoms with E-state index in [4.69, 9.17) is 11.6 Å². The fraction of sp³-hybridized carbons (Fsp3) is 0.353. The summed E-state index contributed by atoms with van der Waals surface area (Å²) in [5.74, 6) is 0.956. The maximum atomic E-state index is 6.22. The molecule has 112 valence electrons. The number of benzene rings is 1. The van der Waals surface area contributed by atoms with Crippen molar-refractivity contribution in [2.45, 2.75) is 26.4 Å². The summed E-state index contributed by atoms with van der Waals surface area (Å²) >= 11 is 6.22. The summed E-state index contributed by atoms with van der Waals surface area (Å²) in [5.41, 5.74) is 2.35. The summed E-state index contributed by atoms with van der Waals surface area (Å²) in [6.07, 6.45) is 1.86. The molecule has 1 heterocycles. The molecule has 1 N–H and O–H groups in total. The number of nitrogens with zero attached hydrogens (tertiary/aromatic N) is 2. The van der Waals surface area contributed by atoms with E-state index in [-0.39, 0.29) is 0 Å². The molecule has 2 rings (SSSR count). The lowest BCUT2D eigenvalue weighted by Gasteiger charge is -2.21. The molecule has 1 unspecified atom stereocenters. The third-order valence-corrected chi connectivity index (χ3v) is 3.91. The molecule has 0 amide bonds. The first-order valence-corrected chi connectivity index (χ1v) is 7.63. The maximum absolute atomic E-state index is 6.22. The van der Waals surface area contributed by atoms with Crippen molar-refractivity contribution in [3.8, 4) is 0 Å². The number of rotatable bonds is 6. The van der Waals surface area contributed by atoms with Gasteiger partial charge >= 0.3 is 0 Å². The molecule has 3 nitrogen and oxygen atoms in total. The van der Waals surface area contributed by atoms with Crippen molar-refractivity contribution >= 4 is 17.4 Å². The van der Waals surface area contributed by atoms with Gasteiger partial charge in [-0.2, -0.15) is 0 Å². The average Bonchev–Trinajstić information content (AvgIpc) is 2.50. The lowest BCUT2D eigenvalue weighted by Crippen LogP contribution is -2.20. The molecule has 0 aliphatic rings. The zero-order valence-corrected chi connectivity index (χ0v) is 13.6. The molecule has 0 saturated carbocycles. The largest absolute Gasteiger partial charge is 0.355 e. The number of hydrogen-bond acceptors (Lipinski definition) is 3. The zero-order chi connectivity index (χ0) is 15.2. The Morgan fingerprint density at radius 1 is 1.29 bits per heavy atom. The standard InChI is InChI=1S/C17H22ClN3/c1-4-19-13(2)14-9-10-20-17(11-14)21(3)12-15-7-5-6-8-16(15)18/h5-11,13,19H,4,12H2,1-3H3. The Hall–Kier alpha value is -1.58. The van der Waals surface area contributed by atoms with Crippen LogP contribution in [-0.2, 0) is 6.54 Å². The van der Waals surface area contributed by atoms with E-state index in [1.807, 2.05) is 37.5 Å². The first-order valence-electron chi connectivity index (χ1n) is 7.25. The monoisotopic (exact) mass is 303 g/mol. The second-order valence-corrected chi connectivity index (χ2v) is 5.58. The summed E-state index contributed by atoms with van der Waals surface area (Å²) in [5, 5.41) is 4.21. The Kier molecular flexibility index (Phi) is 5.59. The maximum Gasteiger partial charge on any atom is 0.128 e. The van der Waals surface area contributed by atoms with Crippen LogP contribution in [0.2, 0.25) is 5.02 Å². The second-order valence-electron chi connectivity index (χ2n) is 5.17. The molecule has 1 aromatic heterocycles. The summed E-state index contributed by atoms with van der Waals surface area (Å²) in [6.45, 7) is 5.97. The smallest absolute Gasteiger partial charge is 0.128 e. The van der Waals surface area contributed by atoms with Crippen molar-refractivity contribution in [1.29, 1.82) is 0 Å². The summed E-state index contributed by atoms with van der Waals surface area (Å²) in [6, 6.07) is 12.4. The number of nitrogens with one attached hydrogen (secondary N) is 1. The third-order valence-electron chi connectivity index (χ3n) is 3.54. The second kappa shape index (κ2) is 7.43. The van der Waals surface area contributed by atoms with Gasteiger partial charge in [0.1, 0.15) is 5.82 Å². The minimum atomic E-state index is 0.325. The van der Waals surface area contributed by atoms with Crippen LogP contribution in [0, 0.1) is 0 Å². The van der Waals surface area contributed by atoms with Crippen molar-refractivity contribution in [3.63, 3.8) is 0 Å². The molecule has 2 aromatic rings. The zero-order valence-electron chi connectivity index (χ0n) is 12.8. The van der Waals surface area contributed by atoms with Crippen LogP contribution in [0.4, 0.5) is 5.82 Å². The predicted octanol–water partition coefficient (Wildman–Crippen LogP) is 4.04. The van der Waals surface area contributed by atoms with E-state index in [0.717, 1.165) is 29.5 Å². The quantitative estimate of drug-likeness (QED) is 0.873. The van der Waals surface area contributed by atoms with E-state index in [1.165, 1.54) is 5.56 Å². The average molecular weight is 304 g/mol. The van der Waals surface area contributed by atoms with E-state index < -0.39 is 0 Å². The molecule has 0 saturated heterocycles. The molecule has 4 heteroatoms. The Bertz CT molecular complexity index is 586. The molecule has 1 aromatic carbocycles. The molecular weight excluding hydrogens is 282 g/mol. The van der Waals surface area contributed by atoms with Crippen molar-refractivity contribution < 1.29 is 0 Å². The van der Waals surface area contributed by atoms with Gasteiger partial charge < -0.3 is 10.2 Å². The van der Waals surface area contributed by atoms with Gasteiger partial charge in [-0.05, 0) is 42.8 Å². The van der Waals surface area contributed by atoms with Gasteiger partial charge in [0, 0.05) is 30.9 Å². The molecule has 0 radical (unpaired) electrons. The van der Waals surface area contributed by atoms with Crippen LogP contribution in [0.15, 0.2) is 42.6 Å². The van der Waals surface area contributed by atoms with Crippen LogP contribution in [0.25, 0.3) is 0 Å². The van der Waals surface area contributed by atoms with Crippen LogP contribution < -0.4 is 10.2 Å². The number of hydrogen-bond donors (Lipinski definition) is 1. The van der Waals surface area contributed by atoms with Gasteiger partial charge in [-0.3, -0.25) is 0 Å². The van der Waals surface area contributed by atoms with Gasteiger partial charge in [0.05, 0.1) is 0 Å². The highest BCUT2D eigenvalue weighted by Crippen LogP contribution is 2.21. The SMILES string of the molecule is CCNC(C)c1ccnc(N(C)Cc2ccccc2Cl)c1. The van der Waals surface area contributed by atoms with Crippen molar-refractivity contribution in [2.75, 3.05) is 18.5 Å². The highest BCUT2D eigenvalue weighted by molar-refractivity contribution is 6.31. The highest BCUT2D eigenvalue weighted by Gasteiger charge is 2.09. The Balaban J connectivity index is 2.14. The summed E-state index contributed by atoms with van der Waals surface area (Å²) in [4.78, 5) is 6.58. The van der Waals surface area contributed by atoms with E-state index in [0.29, 0.717) is 6.04 Å². The van der Waals surface area contributed by atoms with Gasteiger partial charge in [-0.25, -0.2) is 4.98 Å². The normalized spacial score (nSPS) is 12.2. The molecule has 0 fully saturated rings. The summed E-state index contributed by atoms with van der Waals surface area (Å²) in [7, 11) is 2.04. The predicted molar refractivity (Wildman–Crippen MR) is 89.9 cm³/mol. The van der Waals surface area contributed by atoms with Crippen LogP contribution in [0.3, 0.4) is 0 Å². The summed E-state index contributed by atoms with van der Waals surface area (Å²) < 4.78 is 0. The van der Waals surface area contributed by atoms with Gasteiger partial charge in [0.25, 0.3) is 0 Å². The van der Waals surface area contributed by atoms with E-state index in [2.05, 4.69) is 41.2 Å². The first kappa shape index (κ1) is 15.8. The number of pyridine rings is 1. The van der Waals surface area contributed by atoms with E-state index in [1.54, 1.807) is 0 Å². The number of halogens is 1. The minimum absolute atomic E-state index is 0.325. The van der Waals surface area contributed by atoms with Crippen molar-refractivity contribution in [2.24, 2.45) is 0 Å². The number of anilines is 1. The van der Waals surface area contributed by atoms with Gasteiger partial charge in [0.2, 0.25) is 0 Å².